The molecule has 3 rings (SSSR count). The van der Waals surface area contributed by atoms with Gasteiger partial charge in [-0.3, -0.25) is 9.79 Å². The van der Waals surface area contributed by atoms with Crippen molar-refractivity contribution in [1.29, 1.82) is 0 Å². The van der Waals surface area contributed by atoms with Crippen molar-refractivity contribution in [2.24, 2.45) is 4.99 Å². The fraction of sp³-hybridized carbons (Fsp3) is 0.391. The highest BCUT2D eigenvalue weighted by atomic mass is 16.5. The highest BCUT2D eigenvalue weighted by Crippen LogP contribution is 2.24. The summed E-state index contributed by atoms with van der Waals surface area (Å²) in [7, 11) is 3.24. The first-order valence-electron chi connectivity index (χ1n) is 9.88. The van der Waals surface area contributed by atoms with Gasteiger partial charge in [-0.25, -0.2) is 0 Å². The molecule has 0 fully saturated rings. The minimum absolute atomic E-state index is 0.0554. The molecule has 0 saturated heterocycles. The van der Waals surface area contributed by atoms with Crippen molar-refractivity contribution in [2.75, 3.05) is 27.3 Å². The second-order valence-electron chi connectivity index (χ2n) is 7.05. The third-order valence-electron chi connectivity index (χ3n) is 5.06. The summed E-state index contributed by atoms with van der Waals surface area (Å²) >= 11 is 0. The Morgan fingerprint density at radius 1 is 1.07 bits per heavy atom. The van der Waals surface area contributed by atoms with Crippen LogP contribution in [0.1, 0.15) is 39.9 Å². The molecule has 0 atom stereocenters. The monoisotopic (exact) mass is 396 g/mol. The van der Waals surface area contributed by atoms with Crippen molar-refractivity contribution in [3.63, 3.8) is 0 Å². The number of aliphatic hydroxyl groups is 1. The quantitative estimate of drug-likeness (QED) is 0.604. The van der Waals surface area contributed by atoms with Crippen LogP contribution in [0.15, 0.2) is 41.4 Å². The van der Waals surface area contributed by atoms with E-state index in [1.54, 1.807) is 20.3 Å². The van der Waals surface area contributed by atoms with E-state index < -0.39 is 0 Å². The number of benzene rings is 2. The van der Waals surface area contributed by atoms with Crippen LogP contribution in [0.3, 0.4) is 0 Å². The lowest BCUT2D eigenvalue weighted by Gasteiger charge is -2.11. The maximum atomic E-state index is 12.8. The fourth-order valence-electron chi connectivity index (χ4n) is 3.50. The molecule has 2 aromatic rings. The normalized spacial score (nSPS) is 13.0. The molecule has 0 amide bonds. The van der Waals surface area contributed by atoms with E-state index >= 15 is 0 Å². The standard InChI is InChI=1S/C23H28N2O4/c1-28-20-12-16(11-17(13-20)15-26)3-6-21(27)18-4-7-22(29-2)19(14-18)5-8-23-24-9-10-25-23/h4,7,11-14,26H,3,5-6,8-10,15H2,1-2H3,(H,24,25). The van der Waals surface area contributed by atoms with Crippen LogP contribution in [0, 0.1) is 0 Å². The molecule has 0 saturated carbocycles. The molecule has 0 bridgehead atoms. The van der Waals surface area contributed by atoms with E-state index in [1.807, 2.05) is 30.3 Å². The molecule has 0 spiro atoms. The molecule has 1 heterocycles. The molecular weight excluding hydrogens is 368 g/mol. The largest absolute Gasteiger partial charge is 0.497 e. The van der Waals surface area contributed by atoms with Gasteiger partial charge < -0.3 is 19.9 Å². The predicted molar refractivity (Wildman–Crippen MR) is 113 cm³/mol. The molecule has 29 heavy (non-hydrogen) atoms. The van der Waals surface area contributed by atoms with Crippen molar-refractivity contribution < 1.29 is 19.4 Å². The van der Waals surface area contributed by atoms with E-state index in [9.17, 15) is 9.90 Å². The summed E-state index contributed by atoms with van der Waals surface area (Å²) in [6.45, 7) is 1.67. The minimum Gasteiger partial charge on any atom is -0.497 e. The van der Waals surface area contributed by atoms with Crippen molar-refractivity contribution in [3.8, 4) is 11.5 Å². The Morgan fingerprint density at radius 3 is 2.59 bits per heavy atom. The van der Waals surface area contributed by atoms with E-state index in [1.165, 1.54) is 0 Å². The van der Waals surface area contributed by atoms with Gasteiger partial charge in [0.25, 0.3) is 0 Å². The number of nitrogens with one attached hydrogen (secondary N) is 1. The first kappa shape index (κ1) is 20.9. The number of ketones is 1. The van der Waals surface area contributed by atoms with Gasteiger partial charge in [0.05, 0.1) is 33.2 Å². The maximum Gasteiger partial charge on any atom is 0.163 e. The van der Waals surface area contributed by atoms with Crippen molar-refractivity contribution in [3.05, 3.63) is 58.7 Å². The molecule has 6 heteroatoms. The molecule has 2 N–H and O–H groups in total. The molecule has 1 aliphatic heterocycles. The topological polar surface area (TPSA) is 80.2 Å². The highest BCUT2D eigenvalue weighted by molar-refractivity contribution is 5.96. The van der Waals surface area contributed by atoms with E-state index in [0.29, 0.717) is 24.2 Å². The summed E-state index contributed by atoms with van der Waals surface area (Å²) in [6.07, 6.45) is 2.55. The molecule has 0 unspecified atom stereocenters. The van der Waals surface area contributed by atoms with Crippen LogP contribution < -0.4 is 14.8 Å². The van der Waals surface area contributed by atoms with Gasteiger partial charge in [-0.1, -0.05) is 6.07 Å². The van der Waals surface area contributed by atoms with Crippen LogP contribution in [0.25, 0.3) is 0 Å². The number of ether oxygens (including phenoxy) is 2. The summed E-state index contributed by atoms with van der Waals surface area (Å²) in [5.41, 5.74) is 3.45. The first-order chi connectivity index (χ1) is 14.1. The zero-order valence-electron chi connectivity index (χ0n) is 17.0. The lowest BCUT2D eigenvalue weighted by molar-refractivity contribution is 0.0982. The van der Waals surface area contributed by atoms with Gasteiger partial charge in [-0.05, 0) is 59.9 Å². The average Bonchev–Trinajstić information content (AvgIpc) is 3.29. The van der Waals surface area contributed by atoms with E-state index in [-0.39, 0.29) is 12.4 Å². The fourth-order valence-corrected chi connectivity index (χ4v) is 3.50. The Balaban J connectivity index is 1.67. The van der Waals surface area contributed by atoms with Gasteiger partial charge in [0, 0.05) is 24.9 Å². The lowest BCUT2D eigenvalue weighted by atomic mass is 9.98. The Kier molecular flexibility index (Phi) is 7.25. The maximum absolute atomic E-state index is 12.8. The second kappa shape index (κ2) is 10.1. The predicted octanol–water partition coefficient (Wildman–Crippen LogP) is 2.95. The number of nitrogens with zero attached hydrogens (tertiary/aromatic N) is 1. The van der Waals surface area contributed by atoms with Gasteiger partial charge in [-0.2, -0.15) is 0 Å². The number of methoxy groups -OCH3 is 2. The molecule has 154 valence electrons. The summed E-state index contributed by atoms with van der Waals surface area (Å²) < 4.78 is 10.7. The number of aliphatic hydroxyl groups excluding tert-OH is 1. The van der Waals surface area contributed by atoms with Crippen LogP contribution in [0.4, 0.5) is 0 Å². The Morgan fingerprint density at radius 2 is 1.90 bits per heavy atom. The number of aryl methyl sites for hydroxylation is 2. The summed E-state index contributed by atoms with van der Waals surface area (Å²) in [5.74, 6) is 2.58. The average molecular weight is 396 g/mol. The Hall–Kier alpha value is -2.86. The first-order valence-corrected chi connectivity index (χ1v) is 9.88. The van der Waals surface area contributed by atoms with Gasteiger partial charge in [0.15, 0.2) is 5.78 Å². The number of Topliss-reactive ketones (excluding diaryl/α,β-unsaturated/α-hetero) is 1. The van der Waals surface area contributed by atoms with Gasteiger partial charge in [0.2, 0.25) is 0 Å². The molecule has 6 nitrogen and oxygen atoms in total. The van der Waals surface area contributed by atoms with Crippen molar-refractivity contribution in [1.82, 2.24) is 5.32 Å². The molecule has 0 aliphatic carbocycles. The van der Waals surface area contributed by atoms with Crippen LogP contribution in [-0.2, 0) is 19.4 Å². The van der Waals surface area contributed by atoms with E-state index in [2.05, 4.69) is 10.3 Å². The minimum atomic E-state index is -0.0554. The van der Waals surface area contributed by atoms with Crippen LogP contribution in [-0.4, -0.2) is 44.0 Å². The third-order valence-corrected chi connectivity index (χ3v) is 5.06. The van der Waals surface area contributed by atoms with Crippen LogP contribution in [0.5, 0.6) is 11.5 Å². The van der Waals surface area contributed by atoms with Crippen LogP contribution in [0.2, 0.25) is 0 Å². The van der Waals surface area contributed by atoms with Gasteiger partial charge >= 0.3 is 0 Å². The lowest BCUT2D eigenvalue weighted by Crippen LogP contribution is -2.19. The highest BCUT2D eigenvalue weighted by Gasteiger charge is 2.13. The van der Waals surface area contributed by atoms with Gasteiger partial charge in [-0.15, -0.1) is 0 Å². The Labute approximate surface area is 171 Å². The molecular formula is C23H28N2O4. The van der Waals surface area contributed by atoms with Crippen molar-refractivity contribution in [2.45, 2.75) is 32.3 Å². The van der Waals surface area contributed by atoms with Crippen LogP contribution >= 0.6 is 0 Å². The third kappa shape index (κ3) is 5.57. The number of hydrogen-bond acceptors (Lipinski definition) is 6. The van der Waals surface area contributed by atoms with Gasteiger partial charge in [0.1, 0.15) is 11.5 Å². The SMILES string of the molecule is COc1cc(CO)cc(CCC(=O)c2ccc(OC)c(CCC3=NCCN3)c2)c1. The Bertz CT molecular complexity index is 870. The van der Waals surface area contributed by atoms with E-state index in [4.69, 9.17) is 9.47 Å². The number of hydrogen-bond donors (Lipinski definition) is 2. The van der Waals surface area contributed by atoms with E-state index in [0.717, 1.165) is 54.2 Å². The molecule has 1 aliphatic rings. The smallest absolute Gasteiger partial charge is 0.163 e. The zero-order chi connectivity index (χ0) is 20.6. The molecule has 2 aromatic carbocycles. The zero-order valence-corrected chi connectivity index (χ0v) is 17.0. The molecule has 0 radical (unpaired) electrons. The summed E-state index contributed by atoms with van der Waals surface area (Å²) in [4.78, 5) is 17.2. The molecule has 0 aromatic heterocycles. The van der Waals surface area contributed by atoms with Crippen molar-refractivity contribution >= 4 is 11.6 Å². The number of carbonyl (C=O) groups is 1. The summed E-state index contributed by atoms with van der Waals surface area (Å²) in [6, 6.07) is 11.2. The number of amidine groups is 1. The summed E-state index contributed by atoms with van der Waals surface area (Å²) in [5, 5.41) is 12.7. The second-order valence-corrected chi connectivity index (χ2v) is 7.05. The number of rotatable bonds is 10. The number of aliphatic imine (C=N–C) groups is 1. The number of carbonyl (C=O) groups excluding carboxylic acids is 1.